The fraction of sp³-hybridized carbons (Fsp3) is 0.571. The second-order valence-corrected chi connectivity index (χ2v) is 7.65. The van der Waals surface area contributed by atoms with E-state index in [4.69, 9.17) is 4.74 Å². The molecule has 146 valence electrons. The van der Waals surface area contributed by atoms with E-state index in [-0.39, 0.29) is 6.03 Å². The number of amides is 2. The molecule has 1 aromatic carbocycles. The van der Waals surface area contributed by atoms with Crippen LogP contribution in [0.2, 0.25) is 0 Å². The number of ether oxygens (including phenoxy) is 1. The van der Waals surface area contributed by atoms with Gasteiger partial charge in [0.1, 0.15) is 0 Å². The predicted molar refractivity (Wildman–Crippen MR) is 107 cm³/mol. The predicted octanol–water partition coefficient (Wildman–Crippen LogP) is 2.65. The Morgan fingerprint density at radius 1 is 1.30 bits per heavy atom. The summed E-state index contributed by atoms with van der Waals surface area (Å²) < 4.78 is 5.44. The number of fused-ring (bicyclic) bond motifs is 3. The van der Waals surface area contributed by atoms with Crippen molar-refractivity contribution in [1.82, 2.24) is 20.1 Å². The molecule has 1 atom stereocenters. The zero-order chi connectivity index (χ0) is 18.8. The van der Waals surface area contributed by atoms with Gasteiger partial charge in [0.25, 0.3) is 0 Å². The number of carbonyl (C=O) groups excluding carboxylic acids is 1. The minimum atomic E-state index is 0.0503. The molecule has 2 aliphatic heterocycles. The molecule has 2 aliphatic rings. The second kappa shape index (κ2) is 7.90. The van der Waals surface area contributed by atoms with Gasteiger partial charge in [0.2, 0.25) is 0 Å². The zero-order valence-electron chi connectivity index (χ0n) is 16.4. The molecule has 2 aromatic rings. The third-order valence-corrected chi connectivity index (χ3v) is 6.03. The SMILES string of the molecule is CC[C@H](CNC(=O)N1CCc2[nH]c3c(C)cccc3c2C1)N1CCOCC1. The molecule has 0 saturated carbocycles. The Bertz CT molecular complexity index is 810. The van der Waals surface area contributed by atoms with E-state index in [1.54, 1.807) is 0 Å². The standard InChI is InChI=1S/C21H30N4O2/c1-3-16(24-9-11-27-12-10-24)13-22-21(26)25-8-7-19-18(14-25)17-6-4-5-15(2)20(17)23-19/h4-6,16,23H,3,7-14H2,1-2H3,(H,22,26)/t16-/m1/s1. The van der Waals surface area contributed by atoms with E-state index in [0.29, 0.717) is 19.1 Å². The van der Waals surface area contributed by atoms with Crippen molar-refractivity contribution in [1.29, 1.82) is 0 Å². The van der Waals surface area contributed by atoms with E-state index in [0.717, 1.165) is 45.7 Å². The third-order valence-electron chi connectivity index (χ3n) is 6.03. The van der Waals surface area contributed by atoms with Crippen LogP contribution in [-0.4, -0.2) is 66.2 Å². The summed E-state index contributed by atoms with van der Waals surface area (Å²) in [7, 11) is 0. The maximum atomic E-state index is 12.8. The lowest BCUT2D eigenvalue weighted by Crippen LogP contribution is -2.51. The van der Waals surface area contributed by atoms with Crippen molar-refractivity contribution in [2.75, 3.05) is 39.4 Å². The molecule has 6 heteroatoms. The molecule has 0 radical (unpaired) electrons. The van der Waals surface area contributed by atoms with Crippen LogP contribution in [0.4, 0.5) is 4.79 Å². The third kappa shape index (κ3) is 3.69. The van der Waals surface area contributed by atoms with Crippen LogP contribution in [0.5, 0.6) is 0 Å². The summed E-state index contributed by atoms with van der Waals surface area (Å²) in [6, 6.07) is 6.82. The Balaban J connectivity index is 1.40. The molecule has 1 fully saturated rings. The van der Waals surface area contributed by atoms with Gasteiger partial charge in [-0.15, -0.1) is 0 Å². The van der Waals surface area contributed by atoms with Gasteiger partial charge < -0.3 is 19.9 Å². The van der Waals surface area contributed by atoms with Gasteiger partial charge in [-0.25, -0.2) is 4.79 Å². The van der Waals surface area contributed by atoms with Crippen molar-refractivity contribution in [3.8, 4) is 0 Å². The second-order valence-electron chi connectivity index (χ2n) is 7.65. The molecule has 0 unspecified atom stereocenters. The van der Waals surface area contributed by atoms with Crippen LogP contribution in [-0.2, 0) is 17.7 Å². The van der Waals surface area contributed by atoms with E-state index in [2.05, 4.69) is 47.2 Å². The highest BCUT2D eigenvalue weighted by atomic mass is 16.5. The fourth-order valence-electron chi connectivity index (χ4n) is 4.35. The molecule has 0 spiro atoms. The van der Waals surface area contributed by atoms with Gasteiger partial charge in [-0.2, -0.15) is 0 Å². The molecular weight excluding hydrogens is 340 g/mol. The Morgan fingerprint density at radius 3 is 2.89 bits per heavy atom. The van der Waals surface area contributed by atoms with Crippen LogP contribution in [0.15, 0.2) is 18.2 Å². The molecule has 3 heterocycles. The van der Waals surface area contributed by atoms with Crippen LogP contribution >= 0.6 is 0 Å². The summed E-state index contributed by atoms with van der Waals surface area (Å²) in [6.45, 7) is 9.95. The quantitative estimate of drug-likeness (QED) is 0.870. The number of H-pyrrole nitrogens is 1. The lowest BCUT2D eigenvalue weighted by Gasteiger charge is -2.35. The number of hydrogen-bond acceptors (Lipinski definition) is 3. The number of carbonyl (C=O) groups is 1. The minimum absolute atomic E-state index is 0.0503. The van der Waals surface area contributed by atoms with Gasteiger partial charge in [-0.05, 0) is 18.9 Å². The fourth-order valence-corrected chi connectivity index (χ4v) is 4.35. The van der Waals surface area contributed by atoms with Crippen molar-refractivity contribution >= 4 is 16.9 Å². The largest absolute Gasteiger partial charge is 0.379 e. The average Bonchev–Trinajstić information content (AvgIpc) is 3.08. The number of para-hydroxylation sites is 1. The number of nitrogens with zero attached hydrogens (tertiary/aromatic N) is 2. The highest BCUT2D eigenvalue weighted by molar-refractivity contribution is 5.88. The van der Waals surface area contributed by atoms with Crippen LogP contribution in [0, 0.1) is 6.92 Å². The van der Waals surface area contributed by atoms with Crippen LogP contribution < -0.4 is 5.32 Å². The molecule has 27 heavy (non-hydrogen) atoms. The molecule has 4 rings (SSSR count). The first-order valence-corrected chi connectivity index (χ1v) is 10.1. The van der Waals surface area contributed by atoms with Crippen molar-refractivity contribution in [2.24, 2.45) is 0 Å². The minimum Gasteiger partial charge on any atom is -0.379 e. The van der Waals surface area contributed by atoms with E-state index in [1.165, 1.54) is 27.7 Å². The van der Waals surface area contributed by atoms with Crippen molar-refractivity contribution < 1.29 is 9.53 Å². The Kier molecular flexibility index (Phi) is 5.36. The first kappa shape index (κ1) is 18.3. The van der Waals surface area contributed by atoms with Gasteiger partial charge >= 0.3 is 6.03 Å². The maximum absolute atomic E-state index is 12.8. The number of morpholine rings is 1. The smallest absolute Gasteiger partial charge is 0.317 e. The van der Waals surface area contributed by atoms with Gasteiger partial charge in [0.15, 0.2) is 0 Å². The van der Waals surface area contributed by atoms with E-state index in [1.807, 2.05) is 4.90 Å². The topological polar surface area (TPSA) is 60.6 Å². The number of aromatic amines is 1. The number of aromatic nitrogens is 1. The first-order chi connectivity index (χ1) is 13.2. The Labute approximate surface area is 160 Å². The molecule has 0 aliphatic carbocycles. The number of urea groups is 1. The summed E-state index contributed by atoms with van der Waals surface area (Å²) in [5, 5.41) is 4.43. The summed E-state index contributed by atoms with van der Waals surface area (Å²) in [5.74, 6) is 0. The van der Waals surface area contributed by atoms with Crippen molar-refractivity contribution in [3.05, 3.63) is 35.0 Å². The van der Waals surface area contributed by atoms with Crippen LogP contribution in [0.3, 0.4) is 0 Å². The molecule has 1 aromatic heterocycles. The summed E-state index contributed by atoms with van der Waals surface area (Å²) >= 11 is 0. The van der Waals surface area contributed by atoms with E-state index >= 15 is 0 Å². The van der Waals surface area contributed by atoms with Crippen molar-refractivity contribution in [3.63, 3.8) is 0 Å². The zero-order valence-corrected chi connectivity index (χ0v) is 16.4. The Hall–Kier alpha value is -2.05. The lowest BCUT2D eigenvalue weighted by atomic mass is 10.0. The van der Waals surface area contributed by atoms with Crippen LogP contribution in [0.1, 0.15) is 30.2 Å². The number of hydrogen-bond donors (Lipinski definition) is 2. The Morgan fingerprint density at radius 2 is 2.11 bits per heavy atom. The van der Waals surface area contributed by atoms with E-state index in [9.17, 15) is 4.79 Å². The average molecular weight is 370 g/mol. The normalized spacial score (nSPS) is 19.1. The molecule has 2 N–H and O–H groups in total. The van der Waals surface area contributed by atoms with E-state index < -0.39 is 0 Å². The highest BCUT2D eigenvalue weighted by Crippen LogP contribution is 2.29. The van der Waals surface area contributed by atoms with Crippen molar-refractivity contribution in [2.45, 2.75) is 39.3 Å². The highest BCUT2D eigenvalue weighted by Gasteiger charge is 2.26. The van der Waals surface area contributed by atoms with Gasteiger partial charge in [0.05, 0.1) is 13.2 Å². The molecule has 0 bridgehead atoms. The number of aryl methyl sites for hydroxylation is 1. The monoisotopic (exact) mass is 370 g/mol. The lowest BCUT2D eigenvalue weighted by molar-refractivity contribution is 0.0162. The first-order valence-electron chi connectivity index (χ1n) is 10.1. The number of benzene rings is 1. The van der Waals surface area contributed by atoms with Crippen LogP contribution in [0.25, 0.3) is 10.9 Å². The van der Waals surface area contributed by atoms with Gasteiger partial charge in [0, 0.05) is 67.3 Å². The maximum Gasteiger partial charge on any atom is 0.317 e. The number of nitrogens with one attached hydrogen (secondary N) is 2. The molecule has 6 nitrogen and oxygen atoms in total. The molecule has 2 amide bonds. The number of rotatable bonds is 4. The molecule has 1 saturated heterocycles. The summed E-state index contributed by atoms with van der Waals surface area (Å²) in [5.41, 5.74) is 5.02. The molecular formula is C21H30N4O2. The van der Waals surface area contributed by atoms with Gasteiger partial charge in [-0.3, -0.25) is 4.90 Å². The summed E-state index contributed by atoms with van der Waals surface area (Å²) in [4.78, 5) is 20.7. The summed E-state index contributed by atoms with van der Waals surface area (Å²) in [6.07, 6.45) is 1.92. The van der Waals surface area contributed by atoms with Gasteiger partial charge in [-0.1, -0.05) is 25.1 Å².